The summed E-state index contributed by atoms with van der Waals surface area (Å²) in [6.45, 7) is 0. The number of hydrogen-bond acceptors (Lipinski definition) is 5. The molecule has 0 aliphatic carbocycles. The summed E-state index contributed by atoms with van der Waals surface area (Å²) >= 11 is 7.19. The number of aliphatic hydroxyl groups excluding tert-OH is 2. The Kier molecular flexibility index (Phi) is 4.58. The van der Waals surface area contributed by atoms with Crippen molar-refractivity contribution in [1.82, 2.24) is 4.98 Å². The van der Waals surface area contributed by atoms with E-state index in [1.807, 2.05) is 18.2 Å². The molecule has 0 bridgehead atoms. The van der Waals surface area contributed by atoms with Crippen molar-refractivity contribution in [2.75, 3.05) is 5.32 Å². The van der Waals surface area contributed by atoms with Crippen molar-refractivity contribution in [3.63, 3.8) is 0 Å². The molecule has 118 valence electrons. The van der Waals surface area contributed by atoms with Crippen LogP contribution in [0.25, 0.3) is 10.2 Å². The minimum absolute atomic E-state index is 0.285. The zero-order valence-corrected chi connectivity index (χ0v) is 13.4. The topological polar surface area (TPSA) is 82.5 Å². The predicted octanol–water partition coefficient (Wildman–Crippen LogP) is 2.98. The Labute approximate surface area is 141 Å². The number of anilines is 1. The molecular weight excluding hydrogens is 336 g/mol. The van der Waals surface area contributed by atoms with Crippen molar-refractivity contribution in [2.24, 2.45) is 0 Å². The van der Waals surface area contributed by atoms with E-state index in [9.17, 15) is 15.0 Å². The molecule has 1 amide bonds. The second-order valence-electron chi connectivity index (χ2n) is 4.88. The molecular formula is C16H13ClN2O3S. The minimum Gasteiger partial charge on any atom is -0.383 e. The Bertz CT molecular complexity index is 819. The summed E-state index contributed by atoms with van der Waals surface area (Å²) < 4.78 is 0.875. The zero-order valence-electron chi connectivity index (χ0n) is 11.8. The Balaban J connectivity index is 1.77. The number of nitrogens with zero attached hydrogens (tertiary/aromatic N) is 1. The molecule has 2 atom stereocenters. The first-order valence-corrected chi connectivity index (χ1v) is 8.02. The van der Waals surface area contributed by atoms with E-state index in [0.29, 0.717) is 16.2 Å². The van der Waals surface area contributed by atoms with Crippen molar-refractivity contribution >= 4 is 44.7 Å². The minimum atomic E-state index is -1.65. The maximum atomic E-state index is 12.1. The van der Waals surface area contributed by atoms with Gasteiger partial charge in [0.25, 0.3) is 5.91 Å². The fraction of sp³-hybridized carbons (Fsp3) is 0.125. The molecule has 7 heteroatoms. The van der Waals surface area contributed by atoms with Gasteiger partial charge in [-0.1, -0.05) is 35.9 Å². The van der Waals surface area contributed by atoms with E-state index >= 15 is 0 Å². The van der Waals surface area contributed by atoms with Gasteiger partial charge in [-0.05, 0) is 24.3 Å². The number of aromatic nitrogens is 1. The van der Waals surface area contributed by atoms with Gasteiger partial charge in [0, 0.05) is 0 Å². The first-order chi connectivity index (χ1) is 11.1. The number of aliphatic hydroxyl groups is 2. The summed E-state index contributed by atoms with van der Waals surface area (Å²) in [5.41, 5.74) is 1.08. The van der Waals surface area contributed by atoms with E-state index in [0.717, 1.165) is 4.70 Å². The van der Waals surface area contributed by atoms with Gasteiger partial charge >= 0.3 is 0 Å². The molecule has 0 fully saturated rings. The number of rotatable bonds is 4. The van der Waals surface area contributed by atoms with Gasteiger partial charge in [-0.2, -0.15) is 0 Å². The molecule has 5 nitrogen and oxygen atoms in total. The van der Waals surface area contributed by atoms with E-state index in [1.165, 1.54) is 11.3 Å². The van der Waals surface area contributed by atoms with Gasteiger partial charge in [0.1, 0.15) is 11.1 Å². The van der Waals surface area contributed by atoms with Gasteiger partial charge in [0.05, 0.1) is 20.9 Å². The molecule has 3 N–H and O–H groups in total. The van der Waals surface area contributed by atoms with Crippen LogP contribution in [-0.4, -0.2) is 27.2 Å². The smallest absolute Gasteiger partial charge is 0.256 e. The Morgan fingerprint density at radius 1 is 1.13 bits per heavy atom. The lowest BCUT2D eigenvalue weighted by Gasteiger charge is -2.16. The monoisotopic (exact) mass is 348 g/mol. The number of carbonyl (C=O) groups is 1. The lowest BCUT2D eigenvalue weighted by molar-refractivity contribution is -0.129. The summed E-state index contributed by atoms with van der Waals surface area (Å²) in [6, 6.07) is 14.0. The number of carbonyl (C=O) groups excluding carboxylic acids is 1. The van der Waals surface area contributed by atoms with Crippen LogP contribution in [-0.2, 0) is 4.79 Å². The number of halogens is 1. The highest BCUT2D eigenvalue weighted by molar-refractivity contribution is 7.18. The van der Waals surface area contributed by atoms with Crippen molar-refractivity contribution in [1.29, 1.82) is 0 Å². The molecule has 0 aliphatic heterocycles. The van der Waals surface area contributed by atoms with Gasteiger partial charge in [0.15, 0.2) is 6.10 Å². The van der Waals surface area contributed by atoms with Crippen LogP contribution in [0.2, 0.25) is 5.02 Å². The summed E-state index contributed by atoms with van der Waals surface area (Å²) in [6.07, 6.45) is -3.05. The number of hydrogen-bond donors (Lipinski definition) is 3. The van der Waals surface area contributed by atoms with Gasteiger partial charge in [0.2, 0.25) is 0 Å². The number of thiazole rings is 1. The van der Waals surface area contributed by atoms with Gasteiger partial charge in [-0.15, -0.1) is 11.3 Å². The number of para-hydroxylation sites is 2. The van der Waals surface area contributed by atoms with E-state index in [-0.39, 0.29) is 5.01 Å². The molecule has 2 unspecified atom stereocenters. The number of benzene rings is 2. The quantitative estimate of drug-likeness (QED) is 0.677. The largest absolute Gasteiger partial charge is 0.383 e. The van der Waals surface area contributed by atoms with Crippen LogP contribution in [0.1, 0.15) is 11.1 Å². The summed E-state index contributed by atoms with van der Waals surface area (Å²) in [4.78, 5) is 16.3. The van der Waals surface area contributed by atoms with Crippen LogP contribution in [0, 0.1) is 0 Å². The van der Waals surface area contributed by atoms with E-state index in [4.69, 9.17) is 11.6 Å². The Morgan fingerprint density at radius 3 is 2.57 bits per heavy atom. The lowest BCUT2D eigenvalue weighted by Crippen LogP contribution is -2.33. The van der Waals surface area contributed by atoms with Crippen LogP contribution in [0.3, 0.4) is 0 Å². The van der Waals surface area contributed by atoms with Crippen LogP contribution in [0.4, 0.5) is 5.69 Å². The summed E-state index contributed by atoms with van der Waals surface area (Å²) in [5, 5.41) is 23.4. The van der Waals surface area contributed by atoms with Crippen molar-refractivity contribution in [3.8, 4) is 0 Å². The van der Waals surface area contributed by atoms with Crippen LogP contribution >= 0.6 is 22.9 Å². The standard InChI is InChI=1S/C16H13ClN2O3S/c17-9-5-1-2-6-10(9)18-15(22)13(20)14(21)16-19-11-7-3-4-8-12(11)23-16/h1-8,13-14,20-21H,(H,18,22). The third kappa shape index (κ3) is 3.35. The summed E-state index contributed by atoms with van der Waals surface area (Å²) in [7, 11) is 0. The molecule has 0 radical (unpaired) electrons. The molecule has 2 aromatic carbocycles. The molecule has 0 aliphatic rings. The Hall–Kier alpha value is -1.99. The fourth-order valence-electron chi connectivity index (χ4n) is 2.06. The predicted molar refractivity (Wildman–Crippen MR) is 90.7 cm³/mol. The number of fused-ring (bicyclic) bond motifs is 1. The third-order valence-electron chi connectivity index (χ3n) is 3.26. The maximum Gasteiger partial charge on any atom is 0.256 e. The maximum absolute atomic E-state index is 12.1. The first-order valence-electron chi connectivity index (χ1n) is 6.83. The van der Waals surface area contributed by atoms with Crippen molar-refractivity contribution in [3.05, 3.63) is 58.6 Å². The van der Waals surface area contributed by atoms with Gasteiger partial charge < -0.3 is 15.5 Å². The molecule has 0 saturated heterocycles. The first kappa shape index (κ1) is 15.9. The number of nitrogens with one attached hydrogen (secondary N) is 1. The highest BCUT2D eigenvalue weighted by Gasteiger charge is 2.28. The molecule has 3 rings (SSSR count). The molecule has 3 aromatic rings. The highest BCUT2D eigenvalue weighted by Crippen LogP contribution is 2.28. The highest BCUT2D eigenvalue weighted by atomic mass is 35.5. The van der Waals surface area contributed by atoms with E-state index in [2.05, 4.69) is 10.3 Å². The van der Waals surface area contributed by atoms with Crippen molar-refractivity contribution in [2.45, 2.75) is 12.2 Å². The number of amides is 1. The van der Waals surface area contributed by atoms with Crippen molar-refractivity contribution < 1.29 is 15.0 Å². The SMILES string of the molecule is O=C(Nc1ccccc1Cl)C(O)C(O)c1nc2ccccc2s1. The third-order valence-corrected chi connectivity index (χ3v) is 4.70. The lowest BCUT2D eigenvalue weighted by atomic mass is 10.2. The zero-order chi connectivity index (χ0) is 16.4. The molecule has 23 heavy (non-hydrogen) atoms. The van der Waals surface area contributed by atoms with Gasteiger partial charge in [-0.25, -0.2) is 4.98 Å². The second kappa shape index (κ2) is 6.64. The van der Waals surface area contributed by atoms with Crippen LogP contribution in [0.5, 0.6) is 0 Å². The van der Waals surface area contributed by atoms with Gasteiger partial charge in [-0.3, -0.25) is 4.79 Å². The average molecular weight is 349 g/mol. The Morgan fingerprint density at radius 2 is 1.83 bits per heavy atom. The average Bonchev–Trinajstić information content (AvgIpc) is 2.99. The molecule has 1 heterocycles. The molecule has 1 aromatic heterocycles. The van der Waals surface area contributed by atoms with Crippen LogP contribution in [0.15, 0.2) is 48.5 Å². The van der Waals surface area contributed by atoms with E-state index in [1.54, 1.807) is 30.3 Å². The van der Waals surface area contributed by atoms with E-state index < -0.39 is 18.1 Å². The second-order valence-corrected chi connectivity index (χ2v) is 6.35. The molecule has 0 spiro atoms. The fourth-order valence-corrected chi connectivity index (χ4v) is 3.23. The normalized spacial score (nSPS) is 13.7. The van der Waals surface area contributed by atoms with Crippen LogP contribution < -0.4 is 5.32 Å². The molecule has 0 saturated carbocycles. The summed E-state index contributed by atoms with van der Waals surface area (Å²) in [5.74, 6) is -0.746.